The van der Waals surface area contributed by atoms with Crippen molar-refractivity contribution in [1.82, 2.24) is 4.90 Å². The lowest BCUT2D eigenvalue weighted by atomic mass is 10.1. The average molecular weight is 262 g/mol. The third kappa shape index (κ3) is 3.00. The maximum Gasteiger partial charge on any atom is 0.219 e. The summed E-state index contributed by atoms with van der Waals surface area (Å²) in [6, 6.07) is 6.50. The van der Waals surface area contributed by atoms with Crippen LogP contribution in [0.5, 0.6) is 5.75 Å². The van der Waals surface area contributed by atoms with Crippen LogP contribution in [-0.2, 0) is 4.79 Å². The molecule has 4 heteroatoms. The number of amides is 1. The number of aryl methyl sites for hydroxylation is 1. The molecule has 4 nitrogen and oxygen atoms in total. The minimum absolute atomic E-state index is 0.161. The second-order valence-corrected chi connectivity index (χ2v) is 5.22. The monoisotopic (exact) mass is 262 g/mol. The van der Waals surface area contributed by atoms with E-state index in [0.717, 1.165) is 25.4 Å². The third-order valence-corrected chi connectivity index (χ3v) is 3.67. The quantitative estimate of drug-likeness (QED) is 0.818. The Morgan fingerprint density at radius 2 is 2.05 bits per heavy atom. The van der Waals surface area contributed by atoms with Gasteiger partial charge in [0.25, 0.3) is 0 Å². The predicted octanol–water partition coefficient (Wildman–Crippen LogP) is 2.06. The molecule has 0 saturated carbocycles. The Hall–Kier alpha value is -1.71. The van der Waals surface area contributed by atoms with Crippen molar-refractivity contribution in [3.63, 3.8) is 0 Å². The average Bonchev–Trinajstić information content (AvgIpc) is 2.37. The van der Waals surface area contributed by atoms with E-state index in [1.165, 1.54) is 11.3 Å². The molecule has 1 aliphatic rings. The Balaban J connectivity index is 2.16. The molecule has 1 saturated heterocycles. The summed E-state index contributed by atoms with van der Waals surface area (Å²) < 4.78 is 5.32. The topological polar surface area (TPSA) is 32.8 Å². The molecular weight excluding hydrogens is 240 g/mol. The zero-order valence-electron chi connectivity index (χ0n) is 12.1. The molecule has 1 fully saturated rings. The smallest absolute Gasteiger partial charge is 0.219 e. The summed E-state index contributed by atoms with van der Waals surface area (Å²) in [5, 5.41) is 0. The van der Waals surface area contributed by atoms with Crippen LogP contribution in [0.15, 0.2) is 18.2 Å². The Labute approximate surface area is 115 Å². The molecule has 0 unspecified atom stereocenters. The van der Waals surface area contributed by atoms with Crippen molar-refractivity contribution in [2.75, 3.05) is 31.6 Å². The van der Waals surface area contributed by atoms with Crippen molar-refractivity contribution >= 4 is 11.6 Å². The fourth-order valence-electron chi connectivity index (χ4n) is 2.69. The summed E-state index contributed by atoms with van der Waals surface area (Å²) in [6.07, 6.45) is 0. The summed E-state index contributed by atoms with van der Waals surface area (Å²) in [5.74, 6) is 1.05. The van der Waals surface area contributed by atoms with Gasteiger partial charge in [-0.05, 0) is 31.5 Å². The Morgan fingerprint density at radius 3 is 2.63 bits per heavy atom. The molecule has 1 aromatic carbocycles. The normalized spacial score (nSPS) is 19.5. The highest BCUT2D eigenvalue weighted by Gasteiger charge is 2.25. The minimum atomic E-state index is 0.161. The fraction of sp³-hybridized carbons (Fsp3) is 0.533. The highest BCUT2D eigenvalue weighted by Crippen LogP contribution is 2.25. The zero-order valence-corrected chi connectivity index (χ0v) is 12.1. The van der Waals surface area contributed by atoms with E-state index >= 15 is 0 Å². The van der Waals surface area contributed by atoms with Crippen molar-refractivity contribution in [1.29, 1.82) is 0 Å². The van der Waals surface area contributed by atoms with Crippen LogP contribution >= 0.6 is 0 Å². The number of hydrogen-bond donors (Lipinski definition) is 0. The van der Waals surface area contributed by atoms with Crippen LogP contribution < -0.4 is 9.64 Å². The number of piperazine rings is 1. The summed E-state index contributed by atoms with van der Waals surface area (Å²) in [5.41, 5.74) is 2.36. The van der Waals surface area contributed by atoms with Gasteiger partial charge in [-0.2, -0.15) is 0 Å². The van der Waals surface area contributed by atoms with Crippen LogP contribution in [0.3, 0.4) is 0 Å². The van der Waals surface area contributed by atoms with Crippen LogP contribution in [-0.4, -0.2) is 43.6 Å². The second kappa shape index (κ2) is 5.51. The van der Waals surface area contributed by atoms with Crippen LogP contribution in [0.2, 0.25) is 0 Å². The first-order valence-corrected chi connectivity index (χ1v) is 6.69. The highest BCUT2D eigenvalue weighted by atomic mass is 16.5. The number of methoxy groups -OCH3 is 1. The maximum atomic E-state index is 11.5. The number of carbonyl (C=O) groups excluding carboxylic acids is 1. The molecule has 0 bridgehead atoms. The standard InChI is InChI=1S/C15H22N2O2/c1-11-7-14(9-15(8-11)19-4)16-5-6-17(13(3)18)12(2)10-16/h7-9,12H,5-6,10H2,1-4H3/t12-/m0/s1. The lowest BCUT2D eigenvalue weighted by Gasteiger charge is -2.40. The minimum Gasteiger partial charge on any atom is -0.497 e. The number of carbonyl (C=O) groups is 1. The number of ether oxygens (including phenoxy) is 1. The maximum absolute atomic E-state index is 11.5. The molecule has 1 amide bonds. The summed E-state index contributed by atoms with van der Waals surface area (Å²) in [7, 11) is 1.69. The van der Waals surface area contributed by atoms with Gasteiger partial charge in [0.1, 0.15) is 5.75 Å². The Kier molecular flexibility index (Phi) is 3.98. The van der Waals surface area contributed by atoms with Gasteiger partial charge < -0.3 is 14.5 Å². The summed E-state index contributed by atoms with van der Waals surface area (Å²) in [6.45, 7) is 8.33. The molecule has 0 N–H and O–H groups in total. The van der Waals surface area contributed by atoms with Gasteiger partial charge in [-0.3, -0.25) is 4.79 Å². The molecule has 1 aromatic rings. The van der Waals surface area contributed by atoms with Crippen molar-refractivity contribution in [2.45, 2.75) is 26.8 Å². The lowest BCUT2D eigenvalue weighted by Crippen LogP contribution is -2.53. The van der Waals surface area contributed by atoms with Crippen molar-refractivity contribution in [3.05, 3.63) is 23.8 Å². The van der Waals surface area contributed by atoms with Crippen molar-refractivity contribution < 1.29 is 9.53 Å². The van der Waals surface area contributed by atoms with Gasteiger partial charge in [0.15, 0.2) is 0 Å². The SMILES string of the molecule is COc1cc(C)cc(N2CCN(C(C)=O)[C@@H](C)C2)c1. The number of benzene rings is 1. The van der Waals surface area contributed by atoms with Crippen LogP contribution in [0, 0.1) is 6.92 Å². The van der Waals surface area contributed by atoms with Gasteiger partial charge in [-0.15, -0.1) is 0 Å². The number of rotatable bonds is 2. The van der Waals surface area contributed by atoms with E-state index in [1.807, 2.05) is 11.0 Å². The molecule has 1 atom stereocenters. The molecular formula is C15H22N2O2. The third-order valence-electron chi connectivity index (χ3n) is 3.67. The Morgan fingerprint density at radius 1 is 1.32 bits per heavy atom. The number of nitrogens with zero attached hydrogens (tertiary/aromatic N) is 2. The van der Waals surface area contributed by atoms with E-state index in [9.17, 15) is 4.79 Å². The van der Waals surface area contributed by atoms with Gasteiger partial charge in [0.05, 0.1) is 7.11 Å². The molecule has 19 heavy (non-hydrogen) atoms. The summed E-state index contributed by atoms with van der Waals surface area (Å²) >= 11 is 0. The van der Waals surface area contributed by atoms with Gasteiger partial charge in [0, 0.05) is 44.4 Å². The van der Waals surface area contributed by atoms with Crippen LogP contribution in [0.4, 0.5) is 5.69 Å². The molecule has 104 valence electrons. The Bertz CT molecular complexity index is 473. The summed E-state index contributed by atoms with van der Waals surface area (Å²) in [4.78, 5) is 15.7. The van der Waals surface area contributed by atoms with E-state index < -0.39 is 0 Å². The molecule has 1 aliphatic heterocycles. The van der Waals surface area contributed by atoms with Crippen molar-refractivity contribution in [2.24, 2.45) is 0 Å². The lowest BCUT2D eigenvalue weighted by molar-refractivity contribution is -0.131. The zero-order chi connectivity index (χ0) is 14.0. The molecule has 2 rings (SSSR count). The van der Waals surface area contributed by atoms with E-state index in [2.05, 4.69) is 30.9 Å². The van der Waals surface area contributed by atoms with Gasteiger partial charge in [-0.25, -0.2) is 0 Å². The molecule has 1 heterocycles. The van der Waals surface area contributed by atoms with E-state index in [0.29, 0.717) is 0 Å². The fourth-order valence-corrected chi connectivity index (χ4v) is 2.69. The number of hydrogen-bond acceptors (Lipinski definition) is 3. The molecule has 0 spiro atoms. The van der Waals surface area contributed by atoms with Gasteiger partial charge in [0.2, 0.25) is 5.91 Å². The van der Waals surface area contributed by atoms with E-state index in [-0.39, 0.29) is 11.9 Å². The van der Waals surface area contributed by atoms with E-state index in [1.54, 1.807) is 14.0 Å². The van der Waals surface area contributed by atoms with Crippen molar-refractivity contribution in [3.8, 4) is 5.75 Å². The molecule has 0 aliphatic carbocycles. The highest BCUT2D eigenvalue weighted by molar-refractivity contribution is 5.74. The van der Waals surface area contributed by atoms with Gasteiger partial charge in [-0.1, -0.05) is 0 Å². The van der Waals surface area contributed by atoms with E-state index in [4.69, 9.17) is 4.74 Å². The second-order valence-electron chi connectivity index (χ2n) is 5.22. The first-order valence-electron chi connectivity index (χ1n) is 6.69. The van der Waals surface area contributed by atoms with Crippen LogP contribution in [0.25, 0.3) is 0 Å². The largest absolute Gasteiger partial charge is 0.497 e. The molecule has 0 aromatic heterocycles. The molecule has 0 radical (unpaired) electrons. The van der Waals surface area contributed by atoms with Gasteiger partial charge >= 0.3 is 0 Å². The van der Waals surface area contributed by atoms with Crippen LogP contribution in [0.1, 0.15) is 19.4 Å². The predicted molar refractivity (Wildman–Crippen MR) is 76.8 cm³/mol. The first kappa shape index (κ1) is 13.7. The first-order chi connectivity index (χ1) is 9.01. The number of anilines is 1.